The molecule has 0 heterocycles. The van der Waals surface area contributed by atoms with Crippen LogP contribution in [0, 0.1) is 6.92 Å². The minimum Gasteiger partial charge on any atom is -0.493 e. The van der Waals surface area contributed by atoms with Crippen molar-refractivity contribution in [3.63, 3.8) is 0 Å². The van der Waals surface area contributed by atoms with Crippen molar-refractivity contribution in [1.29, 1.82) is 0 Å². The van der Waals surface area contributed by atoms with Crippen LogP contribution in [0.3, 0.4) is 0 Å². The first-order valence-electron chi connectivity index (χ1n) is 9.51. The average Bonchev–Trinajstić information content (AvgIpc) is 2.67. The number of esters is 1. The van der Waals surface area contributed by atoms with Gasteiger partial charge in [-0.3, -0.25) is 14.4 Å². The zero-order valence-corrected chi connectivity index (χ0v) is 17.9. The normalized spacial score (nSPS) is 11.3. The zero-order chi connectivity index (χ0) is 22.1. The molecule has 0 saturated heterocycles. The molecule has 0 aliphatic carbocycles. The van der Waals surface area contributed by atoms with Gasteiger partial charge in [0.1, 0.15) is 5.75 Å². The summed E-state index contributed by atoms with van der Waals surface area (Å²) < 4.78 is 10.8. The van der Waals surface area contributed by atoms with E-state index >= 15 is 0 Å². The fourth-order valence-corrected chi connectivity index (χ4v) is 2.79. The third kappa shape index (κ3) is 7.75. The third-order valence-electron chi connectivity index (χ3n) is 4.07. The van der Waals surface area contributed by atoms with Gasteiger partial charge in [0.25, 0.3) is 5.91 Å². The largest absolute Gasteiger partial charge is 0.493 e. The van der Waals surface area contributed by atoms with Crippen LogP contribution in [0.4, 0.5) is 11.4 Å². The molecule has 30 heavy (non-hydrogen) atoms. The standard InChI is InChI=1S/C22H25ClN2O5/c1-14-13-17(23)6-11-20(14)29-12-4-5-21(27)30-15(2)22(28)25-19-9-7-18(8-10-19)24-16(3)26/h6-11,13,15H,4-5,12H2,1-3H3,(H,24,26)(H,25,28)/t15-/m1/s1. The molecule has 0 fully saturated rings. The van der Waals surface area contributed by atoms with Crippen LogP contribution in [0.15, 0.2) is 42.5 Å². The van der Waals surface area contributed by atoms with E-state index in [1.807, 2.05) is 6.92 Å². The number of hydrogen-bond donors (Lipinski definition) is 2. The second-order valence-electron chi connectivity index (χ2n) is 6.74. The molecule has 8 heteroatoms. The molecule has 0 unspecified atom stereocenters. The second kappa shape index (κ2) is 11.2. The van der Waals surface area contributed by atoms with Crippen molar-refractivity contribution in [2.45, 2.75) is 39.7 Å². The monoisotopic (exact) mass is 432 g/mol. The molecular weight excluding hydrogens is 408 g/mol. The van der Waals surface area contributed by atoms with Crippen LogP contribution in [0.5, 0.6) is 5.75 Å². The molecule has 2 N–H and O–H groups in total. The zero-order valence-electron chi connectivity index (χ0n) is 17.2. The molecule has 0 bridgehead atoms. The van der Waals surface area contributed by atoms with Crippen molar-refractivity contribution in [2.75, 3.05) is 17.2 Å². The number of benzene rings is 2. The van der Waals surface area contributed by atoms with Crippen molar-refractivity contribution in [1.82, 2.24) is 0 Å². The quantitative estimate of drug-likeness (QED) is 0.454. The SMILES string of the molecule is CC(=O)Nc1ccc(NC(=O)[C@@H](C)OC(=O)CCCOc2ccc(Cl)cc2C)cc1. The van der Waals surface area contributed by atoms with E-state index in [9.17, 15) is 14.4 Å². The molecule has 2 aromatic carbocycles. The minimum atomic E-state index is -0.938. The Kier molecular flexibility index (Phi) is 8.68. The van der Waals surface area contributed by atoms with E-state index in [0.717, 1.165) is 5.56 Å². The van der Waals surface area contributed by atoms with Gasteiger partial charge in [-0.05, 0) is 68.3 Å². The number of aryl methyl sites for hydroxylation is 1. The first-order chi connectivity index (χ1) is 14.2. The topological polar surface area (TPSA) is 93.7 Å². The first-order valence-corrected chi connectivity index (χ1v) is 9.89. The van der Waals surface area contributed by atoms with Gasteiger partial charge in [-0.1, -0.05) is 11.6 Å². The summed E-state index contributed by atoms with van der Waals surface area (Å²) in [5, 5.41) is 5.94. The van der Waals surface area contributed by atoms with Crippen LogP contribution < -0.4 is 15.4 Å². The summed E-state index contributed by atoms with van der Waals surface area (Å²) in [5.74, 6) is -0.384. The summed E-state index contributed by atoms with van der Waals surface area (Å²) in [5.41, 5.74) is 2.07. The fourth-order valence-electron chi connectivity index (χ4n) is 2.57. The minimum absolute atomic E-state index is 0.135. The highest BCUT2D eigenvalue weighted by Crippen LogP contribution is 2.22. The van der Waals surface area contributed by atoms with Gasteiger partial charge in [0.2, 0.25) is 5.91 Å². The van der Waals surface area contributed by atoms with Gasteiger partial charge in [0, 0.05) is 29.7 Å². The fraction of sp³-hybridized carbons (Fsp3) is 0.318. The summed E-state index contributed by atoms with van der Waals surface area (Å²) in [4.78, 5) is 35.2. The molecule has 2 rings (SSSR count). The molecule has 0 aliphatic heterocycles. The summed E-state index contributed by atoms with van der Waals surface area (Å²) in [6.45, 7) is 5.16. The maximum absolute atomic E-state index is 12.2. The highest BCUT2D eigenvalue weighted by molar-refractivity contribution is 6.30. The van der Waals surface area contributed by atoms with Gasteiger partial charge >= 0.3 is 5.97 Å². The van der Waals surface area contributed by atoms with E-state index in [1.54, 1.807) is 42.5 Å². The van der Waals surface area contributed by atoms with E-state index < -0.39 is 18.0 Å². The molecule has 160 valence electrons. The molecule has 0 spiro atoms. The Balaban J connectivity index is 1.71. The van der Waals surface area contributed by atoms with Crippen molar-refractivity contribution in [3.8, 4) is 5.75 Å². The van der Waals surface area contributed by atoms with Crippen molar-refractivity contribution < 1.29 is 23.9 Å². The molecule has 0 aliphatic rings. The number of carbonyl (C=O) groups is 3. The highest BCUT2D eigenvalue weighted by atomic mass is 35.5. The Morgan fingerprint density at radius 3 is 2.27 bits per heavy atom. The lowest BCUT2D eigenvalue weighted by Gasteiger charge is -2.14. The molecule has 0 saturated carbocycles. The molecule has 7 nitrogen and oxygen atoms in total. The predicted octanol–water partition coefficient (Wildman–Crippen LogP) is 4.34. The van der Waals surface area contributed by atoms with E-state index in [4.69, 9.17) is 21.1 Å². The maximum Gasteiger partial charge on any atom is 0.306 e. The summed E-state index contributed by atoms with van der Waals surface area (Å²) in [6.07, 6.45) is -0.345. The molecule has 2 aromatic rings. The van der Waals surface area contributed by atoms with E-state index in [1.165, 1.54) is 13.8 Å². The average molecular weight is 433 g/mol. The van der Waals surface area contributed by atoms with E-state index in [2.05, 4.69) is 10.6 Å². The van der Waals surface area contributed by atoms with E-state index in [0.29, 0.717) is 35.2 Å². The number of hydrogen-bond acceptors (Lipinski definition) is 5. The van der Waals surface area contributed by atoms with Gasteiger partial charge in [-0.25, -0.2) is 0 Å². The lowest BCUT2D eigenvalue weighted by atomic mass is 10.2. The second-order valence-corrected chi connectivity index (χ2v) is 7.18. The number of amides is 2. The molecule has 0 radical (unpaired) electrons. The van der Waals surface area contributed by atoms with Gasteiger partial charge in [0.05, 0.1) is 6.61 Å². The Morgan fingerprint density at radius 1 is 1.03 bits per heavy atom. The van der Waals surface area contributed by atoms with Crippen molar-refractivity contribution >= 4 is 40.8 Å². The van der Waals surface area contributed by atoms with Gasteiger partial charge in [-0.2, -0.15) is 0 Å². The number of rotatable bonds is 9. The molecule has 0 aromatic heterocycles. The highest BCUT2D eigenvalue weighted by Gasteiger charge is 2.18. The summed E-state index contributed by atoms with van der Waals surface area (Å²) in [6, 6.07) is 11.9. The lowest BCUT2D eigenvalue weighted by Crippen LogP contribution is -2.30. The Morgan fingerprint density at radius 2 is 1.67 bits per heavy atom. The maximum atomic E-state index is 12.2. The van der Waals surface area contributed by atoms with Crippen LogP contribution >= 0.6 is 11.6 Å². The number of ether oxygens (including phenoxy) is 2. The third-order valence-corrected chi connectivity index (χ3v) is 4.31. The summed E-state index contributed by atoms with van der Waals surface area (Å²) in [7, 11) is 0. The van der Waals surface area contributed by atoms with Crippen LogP contribution in [-0.2, 0) is 19.1 Å². The Bertz CT molecular complexity index is 899. The van der Waals surface area contributed by atoms with Crippen LogP contribution in [-0.4, -0.2) is 30.5 Å². The number of halogens is 1. The van der Waals surface area contributed by atoms with Crippen molar-refractivity contribution in [2.24, 2.45) is 0 Å². The molecule has 1 atom stereocenters. The summed E-state index contributed by atoms with van der Waals surface area (Å²) >= 11 is 5.91. The smallest absolute Gasteiger partial charge is 0.306 e. The van der Waals surface area contributed by atoms with Crippen LogP contribution in [0.1, 0.15) is 32.3 Å². The predicted molar refractivity (Wildman–Crippen MR) is 116 cm³/mol. The van der Waals surface area contributed by atoms with Gasteiger partial charge in [0.15, 0.2) is 6.10 Å². The number of carbonyl (C=O) groups excluding carboxylic acids is 3. The number of nitrogens with one attached hydrogen (secondary N) is 2. The molecule has 2 amide bonds. The first kappa shape index (κ1) is 23.2. The Labute approximate surface area is 180 Å². The van der Waals surface area contributed by atoms with Gasteiger partial charge < -0.3 is 20.1 Å². The molecular formula is C22H25ClN2O5. The van der Waals surface area contributed by atoms with Gasteiger partial charge in [-0.15, -0.1) is 0 Å². The van der Waals surface area contributed by atoms with Crippen LogP contribution in [0.2, 0.25) is 5.02 Å². The van der Waals surface area contributed by atoms with Crippen LogP contribution in [0.25, 0.3) is 0 Å². The number of anilines is 2. The lowest BCUT2D eigenvalue weighted by molar-refractivity contribution is -0.153. The van der Waals surface area contributed by atoms with Crippen molar-refractivity contribution in [3.05, 3.63) is 53.1 Å². The Hall–Kier alpha value is -3.06. The van der Waals surface area contributed by atoms with E-state index in [-0.39, 0.29) is 12.3 Å².